The highest BCUT2D eigenvalue weighted by Crippen LogP contribution is 2.79. The molecule has 4 fully saturated rings. The van der Waals surface area contributed by atoms with Crippen LogP contribution >= 0.6 is 0 Å². The van der Waals surface area contributed by atoms with Crippen molar-refractivity contribution in [1.29, 1.82) is 0 Å². The van der Waals surface area contributed by atoms with E-state index in [9.17, 15) is 0 Å². The van der Waals surface area contributed by atoms with E-state index in [0.29, 0.717) is 0 Å². The third-order valence-corrected chi connectivity index (χ3v) is 5.03. The van der Waals surface area contributed by atoms with E-state index in [-0.39, 0.29) is 0 Å². The fourth-order valence-electron chi connectivity index (χ4n) is 4.27. The van der Waals surface area contributed by atoms with E-state index in [1.165, 1.54) is 5.92 Å². The molecule has 4 rings (SSSR count). The van der Waals surface area contributed by atoms with Crippen molar-refractivity contribution in [3.05, 3.63) is 0 Å². The van der Waals surface area contributed by atoms with E-state index < -0.39 is 0 Å². The summed E-state index contributed by atoms with van der Waals surface area (Å²) in [5.74, 6) is 4.49. The van der Waals surface area contributed by atoms with E-state index in [1.54, 1.807) is 19.3 Å². The Morgan fingerprint density at radius 3 is 2.30 bits per heavy atom. The van der Waals surface area contributed by atoms with Crippen molar-refractivity contribution in [1.82, 2.24) is 0 Å². The average molecular weight is 136 g/mol. The average Bonchev–Trinajstić information content (AvgIpc) is 2.67. The van der Waals surface area contributed by atoms with Crippen molar-refractivity contribution in [2.24, 2.45) is 29.1 Å². The predicted octanol–water partition coefficient (Wildman–Crippen LogP) is 2.69. The van der Waals surface area contributed by atoms with Gasteiger partial charge in [0.1, 0.15) is 0 Å². The Labute approximate surface area is 63.0 Å². The molecular formula is C10H16. The molecule has 1 spiro atoms. The van der Waals surface area contributed by atoms with Crippen LogP contribution < -0.4 is 0 Å². The smallest absolute Gasteiger partial charge is 0.0209 e. The molecule has 0 unspecified atom stereocenters. The fraction of sp³-hybridized carbons (Fsp3) is 1.00. The summed E-state index contributed by atoms with van der Waals surface area (Å²) in [6.45, 7) is 4.98. The van der Waals surface area contributed by atoms with Gasteiger partial charge in [0.05, 0.1) is 0 Å². The molecule has 2 bridgehead atoms. The first-order valence-electron chi connectivity index (χ1n) is 4.77. The Kier molecular flexibility index (Phi) is 0.735. The van der Waals surface area contributed by atoms with Crippen molar-refractivity contribution < 1.29 is 0 Å². The monoisotopic (exact) mass is 136 g/mol. The van der Waals surface area contributed by atoms with Crippen LogP contribution in [0.5, 0.6) is 0 Å². The maximum absolute atomic E-state index is 2.49. The van der Waals surface area contributed by atoms with E-state index in [4.69, 9.17) is 0 Å². The van der Waals surface area contributed by atoms with Gasteiger partial charge in [-0.05, 0) is 48.3 Å². The molecule has 0 saturated heterocycles. The molecule has 0 aromatic carbocycles. The number of rotatable bonds is 0. The summed E-state index contributed by atoms with van der Waals surface area (Å²) in [6, 6.07) is 0. The number of hydrogen-bond acceptors (Lipinski definition) is 0. The Morgan fingerprint density at radius 1 is 1.10 bits per heavy atom. The van der Waals surface area contributed by atoms with Gasteiger partial charge in [-0.15, -0.1) is 0 Å². The summed E-state index contributed by atoms with van der Waals surface area (Å²) >= 11 is 0. The molecule has 10 heavy (non-hydrogen) atoms. The van der Waals surface area contributed by atoms with E-state index in [1.807, 2.05) is 0 Å². The lowest BCUT2D eigenvalue weighted by Crippen LogP contribution is -2.49. The zero-order chi connectivity index (χ0) is 6.93. The van der Waals surface area contributed by atoms with Crippen LogP contribution in [-0.4, -0.2) is 0 Å². The minimum Gasteiger partial charge on any atom is -0.0617 e. The van der Waals surface area contributed by atoms with Crippen molar-refractivity contribution in [2.45, 2.75) is 33.1 Å². The number of hydrogen-bond donors (Lipinski definition) is 0. The van der Waals surface area contributed by atoms with Crippen molar-refractivity contribution in [3.8, 4) is 0 Å². The molecule has 0 nitrogen and oxygen atoms in total. The molecule has 0 heterocycles. The van der Waals surface area contributed by atoms with Crippen molar-refractivity contribution in [2.75, 3.05) is 0 Å². The molecule has 4 aliphatic carbocycles. The third kappa shape index (κ3) is 0.339. The first-order valence-corrected chi connectivity index (χ1v) is 4.77. The number of fused-ring (bicyclic) bond motifs is 1. The summed E-state index contributed by atoms with van der Waals surface area (Å²) in [7, 11) is 0. The van der Waals surface area contributed by atoms with Gasteiger partial charge in [-0.3, -0.25) is 0 Å². The van der Waals surface area contributed by atoms with Crippen LogP contribution in [0.3, 0.4) is 0 Å². The van der Waals surface area contributed by atoms with Crippen LogP contribution in [0.1, 0.15) is 33.1 Å². The highest BCUT2D eigenvalue weighted by molar-refractivity contribution is 5.20. The normalized spacial score (nSPS) is 70.2. The van der Waals surface area contributed by atoms with E-state index in [0.717, 1.165) is 23.2 Å². The Balaban J connectivity index is 1.99. The van der Waals surface area contributed by atoms with E-state index >= 15 is 0 Å². The Bertz CT molecular complexity index is 172. The molecule has 0 aromatic rings. The molecule has 0 aromatic heterocycles. The molecular weight excluding hydrogens is 120 g/mol. The van der Waals surface area contributed by atoms with Gasteiger partial charge in [-0.1, -0.05) is 13.8 Å². The van der Waals surface area contributed by atoms with E-state index in [2.05, 4.69) is 13.8 Å². The minimum absolute atomic E-state index is 0.906. The molecule has 3 atom stereocenters. The fourth-order valence-corrected chi connectivity index (χ4v) is 4.27. The van der Waals surface area contributed by atoms with Crippen LogP contribution in [0.25, 0.3) is 0 Å². The lowest BCUT2D eigenvalue weighted by atomic mass is 9.50. The highest BCUT2D eigenvalue weighted by Gasteiger charge is 2.72. The second-order valence-electron chi connectivity index (χ2n) is 4.83. The molecule has 0 radical (unpaired) electrons. The van der Waals surface area contributed by atoms with Crippen LogP contribution in [-0.2, 0) is 0 Å². The third-order valence-electron chi connectivity index (χ3n) is 5.03. The summed E-state index contributed by atoms with van der Waals surface area (Å²) in [4.78, 5) is 0. The lowest BCUT2D eigenvalue weighted by molar-refractivity contribution is -0.0695. The topological polar surface area (TPSA) is 0 Å². The molecule has 0 heteroatoms. The quantitative estimate of drug-likeness (QED) is 0.480. The zero-order valence-corrected chi connectivity index (χ0v) is 6.93. The van der Waals surface area contributed by atoms with Gasteiger partial charge in [0, 0.05) is 0 Å². The summed E-state index contributed by atoms with van der Waals surface area (Å²) < 4.78 is 0. The predicted molar refractivity (Wildman–Crippen MR) is 41.6 cm³/mol. The van der Waals surface area contributed by atoms with Crippen LogP contribution in [0.4, 0.5) is 0 Å². The standard InChI is InChI=1S/C10H16/c1-6-9-4-3-8-5-10(6,8)7(9)2/h6-9H,3-5H2,1-2H3/t6-,7-,8+,9?,10?/m1/s1. The first-order chi connectivity index (χ1) is 4.77. The van der Waals surface area contributed by atoms with Gasteiger partial charge in [0.25, 0.3) is 0 Å². The Morgan fingerprint density at radius 2 is 1.80 bits per heavy atom. The summed E-state index contributed by atoms with van der Waals surface area (Å²) in [5.41, 5.74) is 0.906. The van der Waals surface area contributed by atoms with Gasteiger partial charge in [-0.2, -0.15) is 0 Å². The van der Waals surface area contributed by atoms with Gasteiger partial charge in [0.2, 0.25) is 0 Å². The molecule has 0 N–H and O–H groups in total. The molecule has 4 aliphatic rings. The van der Waals surface area contributed by atoms with Gasteiger partial charge in [0.15, 0.2) is 0 Å². The Hall–Kier alpha value is 0. The highest BCUT2D eigenvalue weighted by atomic mass is 14.8. The maximum atomic E-state index is 2.49. The molecule has 0 aliphatic heterocycles. The zero-order valence-electron chi connectivity index (χ0n) is 6.93. The van der Waals surface area contributed by atoms with Crippen molar-refractivity contribution >= 4 is 0 Å². The van der Waals surface area contributed by atoms with Gasteiger partial charge in [-0.25, -0.2) is 0 Å². The lowest BCUT2D eigenvalue weighted by Gasteiger charge is -2.55. The molecule has 56 valence electrons. The van der Waals surface area contributed by atoms with Crippen molar-refractivity contribution in [3.63, 3.8) is 0 Å². The summed E-state index contributed by atoms with van der Waals surface area (Å²) in [6.07, 6.45) is 4.71. The minimum atomic E-state index is 0.906. The van der Waals surface area contributed by atoms with Crippen LogP contribution in [0.15, 0.2) is 0 Å². The second kappa shape index (κ2) is 1.31. The van der Waals surface area contributed by atoms with Crippen LogP contribution in [0.2, 0.25) is 0 Å². The van der Waals surface area contributed by atoms with Crippen LogP contribution in [0, 0.1) is 29.1 Å². The molecule has 0 amide bonds. The summed E-state index contributed by atoms with van der Waals surface area (Å²) in [5, 5.41) is 0. The SMILES string of the molecule is C[C@@H]1C2CC[C@H]3CC31[C@@H]2C. The largest absolute Gasteiger partial charge is 0.0617 e. The van der Waals surface area contributed by atoms with Gasteiger partial charge < -0.3 is 0 Å². The molecule has 4 saturated carbocycles. The first kappa shape index (κ1) is 5.62. The van der Waals surface area contributed by atoms with Gasteiger partial charge >= 0.3 is 0 Å². The maximum Gasteiger partial charge on any atom is -0.0209 e. The second-order valence-corrected chi connectivity index (χ2v) is 4.83.